The van der Waals surface area contributed by atoms with Crippen LogP contribution in [0.4, 0.5) is 4.39 Å². The van der Waals surface area contributed by atoms with Gasteiger partial charge in [0, 0.05) is 25.4 Å². The number of piperidine rings is 1. The van der Waals surface area contributed by atoms with E-state index in [2.05, 4.69) is 0 Å². The molecule has 0 radical (unpaired) electrons. The summed E-state index contributed by atoms with van der Waals surface area (Å²) < 4.78 is 13.4. The van der Waals surface area contributed by atoms with Crippen molar-refractivity contribution in [1.82, 2.24) is 4.90 Å². The monoisotopic (exact) mass is 283 g/mol. The topological polar surface area (TPSA) is 37.4 Å². The molecule has 1 aromatic rings. The van der Waals surface area contributed by atoms with E-state index in [0.717, 1.165) is 0 Å². The van der Waals surface area contributed by atoms with Crippen LogP contribution < -0.4 is 0 Å². The van der Waals surface area contributed by atoms with Gasteiger partial charge >= 0.3 is 0 Å². The molecule has 1 aliphatic heterocycles. The summed E-state index contributed by atoms with van der Waals surface area (Å²) in [5, 5.41) is -0.155. The molecule has 1 aliphatic rings. The molecule has 0 saturated carbocycles. The molecular weight excluding hydrogens is 269 g/mol. The van der Waals surface area contributed by atoms with Gasteiger partial charge in [-0.3, -0.25) is 9.59 Å². The van der Waals surface area contributed by atoms with Crippen molar-refractivity contribution in [3.8, 4) is 0 Å². The van der Waals surface area contributed by atoms with Crippen molar-refractivity contribution < 1.29 is 14.0 Å². The highest BCUT2D eigenvalue weighted by atomic mass is 35.5. The van der Waals surface area contributed by atoms with E-state index in [1.165, 1.54) is 18.2 Å². The number of rotatable bonds is 2. The Labute approximate surface area is 116 Å². The lowest BCUT2D eigenvalue weighted by Gasteiger charge is -2.31. The fraction of sp³-hybridized carbons (Fsp3) is 0.429. The lowest BCUT2D eigenvalue weighted by atomic mass is 9.93. The molecule has 3 nitrogen and oxygen atoms in total. The number of nitrogens with zero attached hydrogens (tertiary/aromatic N) is 1. The van der Waals surface area contributed by atoms with Gasteiger partial charge in [0.25, 0.3) is 5.91 Å². The van der Waals surface area contributed by atoms with Crippen molar-refractivity contribution >= 4 is 23.3 Å². The van der Waals surface area contributed by atoms with Crippen molar-refractivity contribution in [3.63, 3.8) is 0 Å². The molecular formula is C14H15ClFNO2. The van der Waals surface area contributed by atoms with E-state index < -0.39 is 5.82 Å². The Morgan fingerprint density at radius 1 is 1.53 bits per heavy atom. The maximum Gasteiger partial charge on any atom is 0.255 e. The summed E-state index contributed by atoms with van der Waals surface area (Å²) in [5.41, 5.74) is 0.158. The first-order chi connectivity index (χ1) is 9.04. The van der Waals surface area contributed by atoms with Crippen LogP contribution in [0.3, 0.4) is 0 Å². The molecule has 0 bridgehead atoms. The van der Waals surface area contributed by atoms with Crippen LogP contribution in [0.2, 0.25) is 5.02 Å². The second-order valence-electron chi connectivity index (χ2n) is 4.67. The minimum absolute atomic E-state index is 0.120. The smallest absolute Gasteiger partial charge is 0.255 e. The maximum absolute atomic E-state index is 13.4. The molecule has 5 heteroatoms. The van der Waals surface area contributed by atoms with Gasteiger partial charge in [0.15, 0.2) is 0 Å². The molecule has 1 saturated heterocycles. The third-order valence-electron chi connectivity index (χ3n) is 3.49. The van der Waals surface area contributed by atoms with Crippen LogP contribution in [-0.4, -0.2) is 29.7 Å². The maximum atomic E-state index is 13.4. The minimum Gasteiger partial charge on any atom is -0.337 e. The third-order valence-corrected chi connectivity index (χ3v) is 3.87. The molecule has 1 amide bonds. The molecule has 1 fully saturated rings. The Balaban J connectivity index is 2.20. The molecule has 0 aromatic heterocycles. The quantitative estimate of drug-likeness (QED) is 0.837. The zero-order chi connectivity index (χ0) is 14.0. The number of carbonyl (C=O) groups excluding carboxylic acids is 2. The first-order valence-electron chi connectivity index (χ1n) is 6.30. The van der Waals surface area contributed by atoms with Gasteiger partial charge in [-0.1, -0.05) is 24.6 Å². The van der Waals surface area contributed by atoms with E-state index >= 15 is 0 Å². The zero-order valence-electron chi connectivity index (χ0n) is 10.7. The SMILES string of the molecule is CCC1CN(C(=O)c2cccc(F)c2Cl)CCC1=O. The Hall–Kier alpha value is -1.42. The summed E-state index contributed by atoms with van der Waals surface area (Å²) in [6.07, 6.45) is 1.07. The van der Waals surface area contributed by atoms with Gasteiger partial charge in [0.1, 0.15) is 11.6 Å². The summed E-state index contributed by atoms with van der Waals surface area (Å²) in [4.78, 5) is 25.5. The Bertz CT molecular complexity index is 518. The number of halogens is 2. The largest absolute Gasteiger partial charge is 0.337 e. The summed E-state index contributed by atoms with van der Waals surface area (Å²) in [5.74, 6) is -0.843. The van der Waals surface area contributed by atoms with Crippen molar-refractivity contribution in [3.05, 3.63) is 34.6 Å². The summed E-state index contributed by atoms with van der Waals surface area (Å²) >= 11 is 5.82. The van der Waals surface area contributed by atoms with E-state index in [1.807, 2.05) is 6.92 Å². The molecule has 1 heterocycles. The molecule has 2 rings (SSSR count). The van der Waals surface area contributed by atoms with Crippen molar-refractivity contribution in [2.75, 3.05) is 13.1 Å². The predicted molar refractivity (Wildman–Crippen MR) is 70.7 cm³/mol. The number of carbonyl (C=O) groups is 2. The lowest BCUT2D eigenvalue weighted by molar-refractivity contribution is -0.125. The highest BCUT2D eigenvalue weighted by Gasteiger charge is 2.30. The number of hydrogen-bond donors (Lipinski definition) is 0. The number of likely N-dealkylation sites (tertiary alicyclic amines) is 1. The second kappa shape index (κ2) is 5.70. The van der Waals surface area contributed by atoms with Crippen LogP contribution in [0.25, 0.3) is 0 Å². The minimum atomic E-state index is -0.604. The summed E-state index contributed by atoms with van der Waals surface area (Å²) in [6, 6.07) is 4.18. The molecule has 0 aliphatic carbocycles. The van der Waals surface area contributed by atoms with E-state index in [-0.39, 0.29) is 28.2 Å². The Morgan fingerprint density at radius 3 is 2.95 bits per heavy atom. The van der Waals surface area contributed by atoms with E-state index in [0.29, 0.717) is 25.9 Å². The Morgan fingerprint density at radius 2 is 2.26 bits per heavy atom. The fourth-order valence-electron chi connectivity index (χ4n) is 2.29. The first-order valence-corrected chi connectivity index (χ1v) is 6.68. The van der Waals surface area contributed by atoms with Crippen molar-refractivity contribution in [1.29, 1.82) is 0 Å². The van der Waals surface area contributed by atoms with Crippen LogP contribution in [0, 0.1) is 11.7 Å². The highest BCUT2D eigenvalue weighted by Crippen LogP contribution is 2.24. The molecule has 19 heavy (non-hydrogen) atoms. The van der Waals surface area contributed by atoms with Crippen molar-refractivity contribution in [2.45, 2.75) is 19.8 Å². The van der Waals surface area contributed by atoms with Gasteiger partial charge in [-0.2, -0.15) is 0 Å². The van der Waals surface area contributed by atoms with Crippen LogP contribution in [0.15, 0.2) is 18.2 Å². The summed E-state index contributed by atoms with van der Waals surface area (Å²) in [6.45, 7) is 2.69. The lowest BCUT2D eigenvalue weighted by Crippen LogP contribution is -2.44. The van der Waals surface area contributed by atoms with Crippen LogP contribution in [-0.2, 0) is 4.79 Å². The summed E-state index contributed by atoms with van der Waals surface area (Å²) in [7, 11) is 0. The van der Waals surface area contributed by atoms with E-state index in [1.54, 1.807) is 4.90 Å². The normalized spacial score (nSPS) is 19.6. The van der Waals surface area contributed by atoms with Crippen molar-refractivity contribution in [2.24, 2.45) is 5.92 Å². The fourth-order valence-corrected chi connectivity index (χ4v) is 2.50. The molecule has 1 aromatic carbocycles. The van der Waals surface area contributed by atoms with Crippen LogP contribution in [0.5, 0.6) is 0 Å². The second-order valence-corrected chi connectivity index (χ2v) is 5.05. The van der Waals surface area contributed by atoms with E-state index in [9.17, 15) is 14.0 Å². The van der Waals surface area contributed by atoms with Crippen LogP contribution >= 0.6 is 11.6 Å². The molecule has 0 spiro atoms. The molecule has 102 valence electrons. The van der Waals surface area contributed by atoms with E-state index in [4.69, 9.17) is 11.6 Å². The van der Waals surface area contributed by atoms with Crippen LogP contribution in [0.1, 0.15) is 30.1 Å². The van der Waals surface area contributed by atoms with Gasteiger partial charge in [-0.25, -0.2) is 4.39 Å². The first kappa shape index (κ1) is 14.0. The average Bonchev–Trinajstić information content (AvgIpc) is 2.41. The number of hydrogen-bond acceptors (Lipinski definition) is 2. The zero-order valence-corrected chi connectivity index (χ0v) is 11.4. The number of ketones is 1. The highest BCUT2D eigenvalue weighted by molar-refractivity contribution is 6.34. The molecule has 0 N–H and O–H groups in total. The number of amides is 1. The molecule has 1 unspecified atom stereocenters. The van der Waals surface area contributed by atoms with Gasteiger partial charge < -0.3 is 4.90 Å². The van der Waals surface area contributed by atoms with Gasteiger partial charge in [-0.15, -0.1) is 0 Å². The molecule has 1 atom stereocenters. The van der Waals surface area contributed by atoms with Gasteiger partial charge in [0.05, 0.1) is 10.6 Å². The Kier molecular flexibility index (Phi) is 4.20. The predicted octanol–water partition coefficient (Wildman–Crippen LogP) is 2.92. The third kappa shape index (κ3) is 2.78. The number of benzene rings is 1. The van der Waals surface area contributed by atoms with Gasteiger partial charge in [0.2, 0.25) is 0 Å². The van der Waals surface area contributed by atoms with Gasteiger partial charge in [-0.05, 0) is 18.6 Å². The average molecular weight is 284 g/mol. The number of Topliss-reactive ketones (excluding diaryl/α,β-unsaturated/α-hetero) is 1. The standard InChI is InChI=1S/C14H15ClFNO2/c1-2-9-8-17(7-6-12(9)18)14(19)10-4-3-5-11(16)13(10)15/h3-5,9H,2,6-8H2,1H3.